The first-order valence-electron chi connectivity index (χ1n) is 34.2. The Bertz CT molecular complexity index is 3670. The van der Waals surface area contributed by atoms with Crippen LogP contribution >= 0.6 is 35.6 Å². The van der Waals surface area contributed by atoms with Gasteiger partial charge in [-0.05, 0) is 156 Å². The Balaban J connectivity index is 0.000000210. The van der Waals surface area contributed by atoms with E-state index in [0.717, 1.165) is 56.9 Å². The highest BCUT2D eigenvalue weighted by Gasteiger charge is 2.64. The molecule has 2 aromatic carbocycles. The molecule has 0 spiro atoms. The second-order valence-corrected chi connectivity index (χ2v) is 34.3. The predicted octanol–water partition coefficient (Wildman–Crippen LogP) is 7.84. The predicted molar refractivity (Wildman–Crippen MR) is 359 cm³/mol. The third-order valence-corrected chi connectivity index (χ3v) is 26.4. The lowest BCUT2D eigenvalue weighted by Crippen LogP contribution is -2.58. The molecular formula is C67H92Cl3N9O16S2. The summed E-state index contributed by atoms with van der Waals surface area (Å²) in [4.78, 5) is 129. The van der Waals surface area contributed by atoms with Crippen LogP contribution in [0.5, 0.6) is 0 Å². The van der Waals surface area contributed by atoms with Gasteiger partial charge < -0.3 is 41.1 Å². The molecule has 10 aliphatic rings. The molecule has 8 amide bonds. The van der Waals surface area contributed by atoms with Crippen molar-refractivity contribution in [2.45, 2.75) is 234 Å². The van der Waals surface area contributed by atoms with Gasteiger partial charge in [0.05, 0.1) is 41.7 Å². The van der Waals surface area contributed by atoms with Crippen LogP contribution in [0.3, 0.4) is 0 Å². The van der Waals surface area contributed by atoms with Crippen LogP contribution in [0, 0.1) is 41.4 Å². The molecule has 12 rings (SSSR count). The molecule has 0 bridgehead atoms. The second kappa shape index (κ2) is 28.6. The van der Waals surface area contributed by atoms with E-state index in [2.05, 4.69) is 20.1 Å². The van der Waals surface area contributed by atoms with Gasteiger partial charge in [-0.1, -0.05) is 113 Å². The van der Waals surface area contributed by atoms with E-state index in [9.17, 15) is 70.2 Å². The number of nitrogens with zero attached hydrogens (tertiary/aromatic N) is 4. The molecule has 4 aliphatic heterocycles. The van der Waals surface area contributed by atoms with Crippen LogP contribution in [0.4, 0.5) is 9.59 Å². The van der Waals surface area contributed by atoms with Crippen LogP contribution in [-0.2, 0) is 71.4 Å². The highest BCUT2D eigenvalue weighted by molar-refractivity contribution is 7.91. The number of nitrogens with two attached hydrogens (primary N) is 1. The lowest BCUT2D eigenvalue weighted by molar-refractivity contribution is -0.169. The first kappa shape index (κ1) is 73.7. The zero-order valence-electron chi connectivity index (χ0n) is 55.5. The van der Waals surface area contributed by atoms with E-state index in [0.29, 0.717) is 78.1 Å². The molecule has 8 fully saturated rings. The minimum absolute atomic E-state index is 0. The maximum Gasteiger partial charge on any atom is 0.408 e. The van der Waals surface area contributed by atoms with Crippen molar-refractivity contribution in [3.63, 3.8) is 0 Å². The summed E-state index contributed by atoms with van der Waals surface area (Å²) in [6, 6.07) is 6.16. The van der Waals surface area contributed by atoms with E-state index >= 15 is 0 Å². The summed E-state index contributed by atoms with van der Waals surface area (Å²) < 4.78 is 60.9. The molecule has 0 aromatic heterocycles. The van der Waals surface area contributed by atoms with Gasteiger partial charge in [-0.25, -0.2) is 26.4 Å². The quantitative estimate of drug-likeness (QED) is 0.0520. The summed E-state index contributed by atoms with van der Waals surface area (Å²) in [5, 5.41) is 25.8. The van der Waals surface area contributed by atoms with Gasteiger partial charge in [0.2, 0.25) is 43.7 Å². The maximum atomic E-state index is 14.8. The van der Waals surface area contributed by atoms with Crippen LogP contribution in [-0.4, -0.2) is 159 Å². The van der Waals surface area contributed by atoms with Gasteiger partial charge in [-0.2, -0.15) is 0 Å². The zero-order valence-corrected chi connectivity index (χ0v) is 59.4. The molecule has 2 aromatic rings. The van der Waals surface area contributed by atoms with E-state index in [-0.39, 0.29) is 93.8 Å². The minimum Gasteiger partial charge on any atom is -0.465 e. The molecule has 12 atom stereocenters. The third kappa shape index (κ3) is 15.1. The summed E-state index contributed by atoms with van der Waals surface area (Å²) in [6.07, 6.45) is 9.97. The molecule has 30 heteroatoms. The fourth-order valence-corrected chi connectivity index (χ4v) is 19.7. The molecule has 6 saturated carbocycles. The number of carboxylic acid groups (broad SMARTS) is 2. The van der Waals surface area contributed by atoms with E-state index in [1.165, 1.54) is 19.6 Å². The van der Waals surface area contributed by atoms with Crippen molar-refractivity contribution >= 4 is 109 Å². The number of carbonyl (C=O) groups is 9. The Morgan fingerprint density at radius 1 is 0.598 bits per heavy atom. The number of fused-ring (bicyclic) bond motifs is 2. The fourth-order valence-electron chi connectivity index (χ4n) is 16.5. The number of carbonyl (C=O) groups excluding carboxylic acids is 7. The average molecular weight is 1450 g/mol. The van der Waals surface area contributed by atoms with Gasteiger partial charge in [0.15, 0.2) is 0 Å². The molecule has 534 valence electrons. The van der Waals surface area contributed by atoms with Gasteiger partial charge in [0.25, 0.3) is 11.8 Å². The molecule has 2 unspecified atom stereocenters. The standard InChI is InChI=1S/C36H49ClN4O9S.C31H42ClN5O7S.ClH/c1-5-22-17-36(22,33(45)39-51(48,49)23-14-15-23)38-30(42)27-16-21(29-24-12-9-13-26(37)25(24)19-41(29)34(46)47)18-40(27)31(43)28(20-10-7-6-8-11-20)32(44)50-35(2,3)4;1-2-19-14-31(19,29(40)35-45(43,44)20-11-12-20)34-27(38)24-13-18(15-36(24)28(39)25(33)17-7-4-3-5-8-17)26-21-9-6-10-23(32)22(21)16-37(26)30(41)42;/h9,12-13,20-23,27-29H,5-8,10-11,14-19H2,1-4H3,(H,38,42)(H,39,45)(H,46,47);6,9-10,17-20,24-26H,2-5,7-8,11-16,33H2,1H3,(H,34,38)(H,35,40)(H,41,42);1H/t21-,22-,27+,28+,29?,36-;18-,19-,24+,25+,26?,31-;/m11./s1. The third-order valence-electron chi connectivity index (χ3n) is 22.1. The van der Waals surface area contributed by atoms with Gasteiger partial charge >= 0.3 is 18.2 Å². The smallest absolute Gasteiger partial charge is 0.408 e. The number of amides is 8. The maximum absolute atomic E-state index is 14.8. The zero-order chi connectivity index (χ0) is 69.3. The topological polar surface area (TPSA) is 359 Å². The van der Waals surface area contributed by atoms with Crippen molar-refractivity contribution in [3.8, 4) is 0 Å². The van der Waals surface area contributed by atoms with Crippen LogP contribution in [0.25, 0.3) is 0 Å². The van der Waals surface area contributed by atoms with Crippen molar-refractivity contribution in [3.05, 3.63) is 68.7 Å². The van der Waals surface area contributed by atoms with E-state index in [4.69, 9.17) is 33.7 Å². The number of esters is 1. The highest BCUT2D eigenvalue weighted by Crippen LogP contribution is 2.52. The number of sulfonamides is 2. The number of halogens is 3. The molecular weight excluding hydrogens is 1360 g/mol. The Kier molecular flexibility index (Phi) is 21.7. The van der Waals surface area contributed by atoms with Gasteiger partial charge in [0, 0.05) is 35.0 Å². The van der Waals surface area contributed by atoms with Gasteiger partial charge in [-0.3, -0.25) is 52.8 Å². The largest absolute Gasteiger partial charge is 0.465 e. The Morgan fingerprint density at radius 2 is 0.990 bits per heavy atom. The number of hydrogen-bond donors (Lipinski definition) is 7. The van der Waals surface area contributed by atoms with E-state index in [1.807, 2.05) is 19.9 Å². The average Bonchev–Trinajstić information content (AvgIpc) is 1.58. The second-order valence-electron chi connectivity index (χ2n) is 29.6. The number of nitrogens with one attached hydrogen (secondary N) is 4. The minimum atomic E-state index is -3.89. The van der Waals surface area contributed by atoms with Crippen LogP contribution in [0.2, 0.25) is 10.0 Å². The van der Waals surface area contributed by atoms with Gasteiger partial charge in [0.1, 0.15) is 34.7 Å². The SMILES string of the molecule is CC[C@@H]1C[C@]1(NC(=O)[C@@H]1C[C@@H](C2c3cccc(Cl)c3CN2C(=O)O)CN1C(=O)[C@@H](C(=O)OC(C)(C)C)C1CCCCC1)C(=O)NS(=O)(=O)C1CC1.CC[C@@H]1C[C@]1(NC(=O)[C@@H]1C[C@@H](C2c3cccc(Cl)c3CN2C(=O)O)CN1C(=O)[C@@H](N)C1CCCCC1)C(=O)NS(=O)(=O)C1CC1.Cl. The normalized spacial score (nSPS) is 29.1. The summed E-state index contributed by atoms with van der Waals surface area (Å²) in [5.74, 6) is -7.45. The molecule has 0 radical (unpaired) electrons. The summed E-state index contributed by atoms with van der Waals surface area (Å²) in [7, 11) is -7.73. The first-order valence-corrected chi connectivity index (χ1v) is 38.1. The summed E-state index contributed by atoms with van der Waals surface area (Å²) in [6.45, 7) is 9.10. The number of ether oxygens (including phenoxy) is 1. The molecule has 4 heterocycles. The Morgan fingerprint density at radius 3 is 1.35 bits per heavy atom. The Hall–Kier alpha value is -6.00. The lowest BCUT2D eigenvalue weighted by atomic mass is 9.79. The number of hydrogen-bond acceptors (Lipinski definition) is 15. The molecule has 2 saturated heterocycles. The first-order chi connectivity index (χ1) is 45.3. The van der Waals surface area contributed by atoms with Gasteiger partial charge in [-0.15, -0.1) is 12.4 Å². The Labute approximate surface area is 583 Å². The van der Waals surface area contributed by atoms with Crippen LogP contribution in [0.1, 0.15) is 197 Å². The van der Waals surface area contributed by atoms with Crippen LogP contribution < -0.4 is 25.8 Å². The number of benzene rings is 2. The summed E-state index contributed by atoms with van der Waals surface area (Å²) >= 11 is 13.0. The van der Waals surface area contributed by atoms with Crippen LogP contribution in [0.15, 0.2) is 36.4 Å². The number of rotatable bonds is 19. The molecule has 6 aliphatic carbocycles. The lowest BCUT2D eigenvalue weighted by Gasteiger charge is -2.35. The monoisotopic (exact) mass is 1450 g/mol. The van der Waals surface area contributed by atoms with Crippen molar-refractivity contribution in [2.75, 3.05) is 13.1 Å². The van der Waals surface area contributed by atoms with Crippen molar-refractivity contribution < 1.29 is 74.9 Å². The molecule has 8 N–H and O–H groups in total. The van der Waals surface area contributed by atoms with Crippen molar-refractivity contribution in [2.24, 2.45) is 47.2 Å². The van der Waals surface area contributed by atoms with Crippen molar-refractivity contribution in [1.82, 2.24) is 39.7 Å². The number of likely N-dealkylation sites (tertiary alicyclic amines) is 2. The van der Waals surface area contributed by atoms with E-state index in [1.54, 1.807) is 51.1 Å². The highest BCUT2D eigenvalue weighted by atomic mass is 35.5. The molecule has 97 heavy (non-hydrogen) atoms. The summed E-state index contributed by atoms with van der Waals surface area (Å²) in [5.41, 5.74) is 5.61. The van der Waals surface area contributed by atoms with E-state index < -0.39 is 143 Å². The fraction of sp³-hybridized carbons (Fsp3) is 0.687. The molecule has 25 nitrogen and oxygen atoms in total. The van der Waals surface area contributed by atoms with Crippen molar-refractivity contribution in [1.29, 1.82) is 0 Å².